The number of aromatic amines is 1. The maximum absolute atomic E-state index is 15.1. The number of aromatic nitrogens is 3. The number of methoxy groups -OCH3 is 1. The third kappa shape index (κ3) is 11.2. The van der Waals surface area contributed by atoms with Crippen molar-refractivity contribution in [1.29, 1.82) is 0 Å². The third-order valence-electron chi connectivity index (χ3n) is 17.3. The smallest absolute Gasteiger partial charge is 0.268 e. The van der Waals surface area contributed by atoms with Gasteiger partial charge in [-0.15, -0.1) is 0 Å². The number of H-pyrrole nitrogens is 1. The second-order valence-electron chi connectivity index (χ2n) is 23.1. The summed E-state index contributed by atoms with van der Waals surface area (Å²) in [4.78, 5) is 33.4. The van der Waals surface area contributed by atoms with Gasteiger partial charge in [-0.2, -0.15) is 0 Å². The number of pyridine rings is 1. The Balaban J connectivity index is 0.828. The lowest BCUT2D eigenvalue weighted by Gasteiger charge is -2.58. The van der Waals surface area contributed by atoms with E-state index in [1.807, 2.05) is 19.1 Å². The molecule has 4 N–H and O–H groups in total. The van der Waals surface area contributed by atoms with Gasteiger partial charge in [-0.1, -0.05) is 50.2 Å². The summed E-state index contributed by atoms with van der Waals surface area (Å²) in [6, 6.07) is 24.0. The molecule has 79 heavy (non-hydrogen) atoms. The van der Waals surface area contributed by atoms with Crippen LogP contribution in [-0.2, 0) is 23.0 Å². The number of piperidine rings is 1. The number of hydroxylamine groups is 1. The first-order valence-corrected chi connectivity index (χ1v) is 29.1. The van der Waals surface area contributed by atoms with Crippen molar-refractivity contribution in [2.24, 2.45) is 11.3 Å². The molecule has 2 atom stereocenters. The lowest BCUT2D eigenvalue weighted by molar-refractivity contribution is -0.751. The molecule has 6 aromatic rings. The molecular weight excluding hydrogens is 1030 g/mol. The Kier molecular flexibility index (Phi) is 15.1. The second-order valence-corrected chi connectivity index (χ2v) is 24.7. The van der Waals surface area contributed by atoms with Crippen LogP contribution in [0.4, 0.5) is 20.2 Å². The van der Waals surface area contributed by atoms with Crippen LogP contribution in [0.25, 0.3) is 16.9 Å². The van der Waals surface area contributed by atoms with Gasteiger partial charge in [-0.3, -0.25) is 14.6 Å². The topological polar surface area (TPSA) is 190 Å². The number of allylic oxidation sites excluding steroid dienone is 1. The molecular formula is C60H70F2N8O8S. The molecule has 418 valence electrons. The van der Waals surface area contributed by atoms with Crippen molar-refractivity contribution in [3.8, 4) is 23.1 Å². The van der Waals surface area contributed by atoms with Crippen LogP contribution in [0, 0.1) is 22.4 Å². The number of carbonyl (C=O) groups excluding carboxylic acids is 1. The zero-order valence-corrected chi connectivity index (χ0v) is 46.3. The van der Waals surface area contributed by atoms with E-state index in [0.717, 1.165) is 89.0 Å². The van der Waals surface area contributed by atoms with Crippen LogP contribution in [0.5, 0.6) is 23.1 Å². The van der Waals surface area contributed by atoms with Gasteiger partial charge in [0.05, 0.1) is 44.0 Å². The predicted molar refractivity (Wildman–Crippen MR) is 297 cm³/mol. The molecule has 2 aromatic heterocycles. The van der Waals surface area contributed by atoms with Gasteiger partial charge in [-0.05, 0) is 129 Å². The Bertz CT molecular complexity index is 3380. The van der Waals surface area contributed by atoms with Crippen molar-refractivity contribution in [3.63, 3.8) is 0 Å². The van der Waals surface area contributed by atoms with E-state index in [0.29, 0.717) is 30.5 Å². The first kappa shape index (κ1) is 54.5. The fourth-order valence-electron chi connectivity index (χ4n) is 12.8. The number of piperazine rings is 1. The molecule has 2 saturated heterocycles. The van der Waals surface area contributed by atoms with Crippen molar-refractivity contribution in [3.05, 3.63) is 136 Å². The minimum absolute atomic E-state index is 0.00611. The van der Waals surface area contributed by atoms with E-state index in [1.54, 1.807) is 12.1 Å². The van der Waals surface area contributed by atoms with Crippen molar-refractivity contribution in [2.45, 2.75) is 114 Å². The molecule has 2 saturated carbocycles. The second kappa shape index (κ2) is 21.9. The molecule has 5 aliphatic rings. The van der Waals surface area contributed by atoms with E-state index in [2.05, 4.69) is 72.5 Å². The van der Waals surface area contributed by atoms with Gasteiger partial charge in [0, 0.05) is 81.2 Å². The average Bonchev–Trinajstić information content (AvgIpc) is 4.27. The number of quaternary nitrogens is 1. The van der Waals surface area contributed by atoms with E-state index in [-0.39, 0.29) is 87.2 Å². The molecule has 1 spiro atoms. The van der Waals surface area contributed by atoms with E-state index >= 15 is 4.39 Å². The fraction of sp³-hybridized carbons (Fsp3) is 0.450. The lowest BCUT2D eigenvalue weighted by atomic mass is 9.59. The van der Waals surface area contributed by atoms with E-state index in [9.17, 15) is 27.9 Å². The van der Waals surface area contributed by atoms with Crippen LogP contribution < -0.4 is 28.9 Å². The summed E-state index contributed by atoms with van der Waals surface area (Å²) in [5.74, 6) is -0.999. The standard InChI is InChI=1S/C60H70F2N8O8S/c1-37(2)43-8-6-7-9-44(43)50-34-68(33-38-10-12-40(61)13-11-38)26-27-70(50)42-31-60(32-42)22-24-69(25-23-60)41-14-15-45(51(28-41)78-52-29-46-47(62)16-17-48(46)65-58(52)76-5)57(71)66-79(74,75)53-30-49(67(4)73)56(55-54(53)63-36-64-55)77-35-39-18-20-59(3,72)21-19-39/h6-16,28-30,36-37,39,42,50,67,72H,17-27,31-35H2,1-5H3,(H,63,64)(H,66,71)/t39-,50?,59-. The molecule has 4 fully saturated rings. The predicted octanol–water partition coefficient (Wildman–Crippen LogP) is 9.28. The van der Waals surface area contributed by atoms with E-state index in [1.165, 1.54) is 68.0 Å². The molecule has 16 nitrogen and oxygen atoms in total. The van der Waals surface area contributed by atoms with Gasteiger partial charge in [0.15, 0.2) is 11.4 Å². The number of sulfonamides is 1. The highest BCUT2D eigenvalue weighted by Crippen LogP contribution is 2.54. The summed E-state index contributed by atoms with van der Waals surface area (Å²) in [6.07, 6.45) is 9.71. The highest BCUT2D eigenvalue weighted by molar-refractivity contribution is 7.90. The van der Waals surface area contributed by atoms with E-state index in [4.69, 9.17) is 14.2 Å². The van der Waals surface area contributed by atoms with Crippen molar-refractivity contribution >= 4 is 44.2 Å². The maximum atomic E-state index is 15.1. The molecule has 4 heterocycles. The summed E-state index contributed by atoms with van der Waals surface area (Å²) in [5, 5.41) is 23.2. The fourth-order valence-corrected chi connectivity index (χ4v) is 13.9. The summed E-state index contributed by atoms with van der Waals surface area (Å²) >= 11 is 0. The number of imidazole rings is 1. The number of nitrogens with one attached hydrogen (secondary N) is 3. The Morgan fingerprint density at radius 1 is 0.975 bits per heavy atom. The van der Waals surface area contributed by atoms with Gasteiger partial charge in [0.25, 0.3) is 21.8 Å². The average molecular weight is 1100 g/mol. The van der Waals surface area contributed by atoms with Gasteiger partial charge in [-0.25, -0.2) is 31.9 Å². The molecule has 1 amide bonds. The number of hydrogen-bond acceptors (Lipinski definition) is 13. The number of halogens is 2. The Hall–Kier alpha value is -6.48. The minimum atomic E-state index is -4.73. The number of hydrogen-bond donors (Lipinski definition) is 4. The quantitative estimate of drug-likeness (QED) is 0.0672. The Morgan fingerprint density at radius 2 is 1.72 bits per heavy atom. The molecule has 3 aliphatic carbocycles. The van der Waals surface area contributed by atoms with Crippen LogP contribution in [0.2, 0.25) is 0 Å². The van der Waals surface area contributed by atoms with Gasteiger partial charge in [0.1, 0.15) is 33.3 Å². The van der Waals surface area contributed by atoms with Crippen LogP contribution in [0.3, 0.4) is 0 Å². The number of ether oxygens (including phenoxy) is 3. The first-order chi connectivity index (χ1) is 37.9. The molecule has 2 unspecified atom stereocenters. The monoisotopic (exact) mass is 1100 g/mol. The molecule has 4 aromatic carbocycles. The molecule has 2 aliphatic heterocycles. The van der Waals surface area contributed by atoms with Crippen LogP contribution in [0.1, 0.15) is 122 Å². The van der Waals surface area contributed by atoms with Gasteiger partial charge < -0.3 is 39.5 Å². The summed E-state index contributed by atoms with van der Waals surface area (Å²) in [5.41, 5.74) is 4.72. The number of nitrogens with zero attached hydrogens (tertiary/aromatic N) is 5. The molecule has 0 bridgehead atoms. The van der Waals surface area contributed by atoms with Gasteiger partial charge in [0.2, 0.25) is 5.75 Å². The lowest BCUT2D eigenvalue weighted by Crippen LogP contribution is -2.98. The highest BCUT2D eigenvalue weighted by Gasteiger charge is 2.50. The molecule has 11 rings (SSSR count). The van der Waals surface area contributed by atoms with Crippen molar-refractivity contribution in [2.75, 3.05) is 58.4 Å². The third-order valence-corrected chi connectivity index (χ3v) is 18.7. The van der Waals surface area contributed by atoms with E-state index < -0.39 is 37.3 Å². The number of aliphatic hydroxyl groups is 1. The first-order valence-electron chi connectivity index (χ1n) is 27.6. The SMILES string of the molecule is COc1nc2c(cc1Oc1cc(N3CCC4(CC3)CC(N3CCN(Cc5ccc(F)cc5)CC3c3ccccc3C(C)C)C4)ccc1C(=O)NS(=O)(=O)c1cc([NH+](C)[O-])c(OC[C@H]3CC[C@](C)(O)CC3)c3[nH]cnc13)C(F)=CC2. The normalized spacial score (nSPS) is 22.2. The Labute approximate surface area is 460 Å². The zero-order chi connectivity index (χ0) is 55.4. The minimum Gasteiger partial charge on any atom is -0.629 e. The van der Waals surface area contributed by atoms with Crippen LogP contribution in [0.15, 0.2) is 96.2 Å². The largest absolute Gasteiger partial charge is 0.629 e. The molecule has 19 heteroatoms. The van der Waals surface area contributed by atoms with Crippen molar-refractivity contribution < 1.29 is 46.4 Å². The van der Waals surface area contributed by atoms with Gasteiger partial charge >= 0.3 is 0 Å². The summed E-state index contributed by atoms with van der Waals surface area (Å²) in [7, 11) is -2.01. The summed E-state index contributed by atoms with van der Waals surface area (Å²) < 4.78 is 78.4. The maximum Gasteiger partial charge on any atom is 0.268 e. The van der Waals surface area contributed by atoms with Crippen LogP contribution >= 0.6 is 0 Å². The number of carbonyl (C=O) groups is 1. The van der Waals surface area contributed by atoms with Crippen LogP contribution in [-0.4, -0.2) is 109 Å². The van der Waals surface area contributed by atoms with Crippen molar-refractivity contribution in [1.82, 2.24) is 29.5 Å². The zero-order valence-electron chi connectivity index (χ0n) is 45.5. The number of anilines is 1. The number of benzene rings is 4. The number of amides is 1. The Morgan fingerprint density at radius 3 is 2.44 bits per heavy atom. The highest BCUT2D eigenvalue weighted by atomic mass is 32.2. The molecule has 0 radical (unpaired) electrons. The summed E-state index contributed by atoms with van der Waals surface area (Å²) in [6.45, 7) is 11.5. The number of fused-ring (bicyclic) bond motifs is 2. The number of rotatable bonds is 16.